The average molecular weight is 1020 g/mol. The van der Waals surface area contributed by atoms with Crippen molar-refractivity contribution >= 4 is 87.8 Å². The van der Waals surface area contributed by atoms with Gasteiger partial charge in [-0.3, -0.25) is 0 Å². The van der Waals surface area contributed by atoms with E-state index in [1.165, 1.54) is 128 Å². The Morgan fingerprint density at radius 3 is 1.44 bits per heavy atom. The van der Waals surface area contributed by atoms with Gasteiger partial charge in [-0.25, -0.2) is 0 Å². The van der Waals surface area contributed by atoms with Gasteiger partial charge in [-0.2, -0.15) is 0 Å². The van der Waals surface area contributed by atoms with E-state index in [1.807, 2.05) is 91.0 Å². The number of fused-ring (bicyclic) bond motifs is 14. The third-order valence-electron chi connectivity index (χ3n) is 15.4. The second-order valence-corrected chi connectivity index (χ2v) is 21.2. The first-order valence-electron chi connectivity index (χ1n) is 27.8. The highest BCUT2D eigenvalue weighted by molar-refractivity contribution is 6.08. The summed E-state index contributed by atoms with van der Waals surface area (Å²) >= 11 is 0. The highest BCUT2D eigenvalue weighted by Gasteiger charge is 2.12. The Kier molecular flexibility index (Phi) is 15.4. The molecule has 10 aromatic carbocycles. The number of rotatable bonds is 0. The molecule has 16 rings (SSSR count). The van der Waals surface area contributed by atoms with Crippen LogP contribution in [0.1, 0.15) is 81.3 Å². The van der Waals surface area contributed by atoms with E-state index >= 15 is 0 Å². The van der Waals surface area contributed by atoms with Gasteiger partial charge in [0, 0.05) is 43.1 Å². The van der Waals surface area contributed by atoms with E-state index in [-0.39, 0.29) is 0 Å². The molecule has 0 fully saturated rings. The minimum Gasteiger partial charge on any atom is -0.456 e. The molecule has 14 aromatic rings. The monoisotopic (exact) mass is 1020 g/mol. The normalized spacial score (nSPS) is 12.6. The maximum absolute atomic E-state index is 5.78. The Balaban J connectivity index is 0.0000000996. The van der Waals surface area contributed by atoms with Gasteiger partial charge >= 0.3 is 0 Å². The predicted octanol–water partition coefficient (Wildman–Crippen LogP) is 21.3. The molecule has 4 heteroatoms. The highest BCUT2D eigenvalue weighted by atomic mass is 16.3. The molecule has 2 aliphatic rings. The number of para-hydroxylation sites is 5. The van der Waals surface area contributed by atoms with Crippen LogP contribution in [0.15, 0.2) is 224 Å². The Morgan fingerprint density at radius 2 is 0.705 bits per heavy atom. The van der Waals surface area contributed by atoms with Crippen LogP contribution < -0.4 is 0 Å². The summed E-state index contributed by atoms with van der Waals surface area (Å²) in [4.78, 5) is 0. The predicted molar refractivity (Wildman–Crippen MR) is 329 cm³/mol. The first kappa shape index (κ1) is 51.5. The van der Waals surface area contributed by atoms with Crippen LogP contribution in [0.4, 0.5) is 0 Å². The van der Waals surface area contributed by atoms with E-state index in [1.54, 1.807) is 22.3 Å². The zero-order valence-corrected chi connectivity index (χ0v) is 45.9. The van der Waals surface area contributed by atoms with Crippen molar-refractivity contribution in [2.75, 3.05) is 0 Å². The van der Waals surface area contributed by atoms with Crippen molar-refractivity contribution in [3.63, 3.8) is 0 Å². The summed E-state index contributed by atoms with van der Waals surface area (Å²) < 4.78 is 23.0. The molecule has 4 nitrogen and oxygen atoms in total. The fraction of sp³-hybridized carbons (Fsp3) is 0.189. The van der Waals surface area contributed by atoms with Crippen LogP contribution in [0, 0.1) is 41.5 Å². The zero-order chi connectivity index (χ0) is 53.5. The highest BCUT2D eigenvalue weighted by Crippen LogP contribution is 2.33. The first-order chi connectivity index (χ1) is 38.1. The van der Waals surface area contributed by atoms with E-state index in [9.17, 15) is 0 Å². The van der Waals surface area contributed by atoms with E-state index < -0.39 is 0 Å². The largest absolute Gasteiger partial charge is 0.456 e. The van der Waals surface area contributed by atoms with Crippen molar-refractivity contribution in [1.29, 1.82) is 0 Å². The molecule has 0 amide bonds. The summed E-state index contributed by atoms with van der Waals surface area (Å²) in [6, 6.07) is 71.1. The van der Waals surface area contributed by atoms with Gasteiger partial charge in [0.2, 0.25) is 0 Å². The summed E-state index contributed by atoms with van der Waals surface area (Å²) in [5.41, 5.74) is 22.1. The standard InChI is InChI=1S/4C13H10O.2C11H14/c1-9-5-4-7-11-10-6-2-3-8-12(10)14-13(9)11;1-9-5-4-8-12-13(9)10-6-2-3-7-11(10)14-12;1-9-6-7-13-11(8-9)10-4-2-3-5-12(10)14-13;1-9-6-7-11-10-4-2-3-5-12(10)14-13(11)8-9;1-9-5-4-7-10-6-2-3-8-11(9)10;1-9-6-7-10-4-2-3-5-11(10)8-9/h4*2-8H,1H3;4-5,7H,2-3,6,8H2,1H3;6-8H,2-5H2,1H3. The maximum Gasteiger partial charge on any atom is 0.138 e. The van der Waals surface area contributed by atoms with Crippen molar-refractivity contribution in [3.05, 3.63) is 262 Å². The molecule has 388 valence electrons. The Bertz CT molecular complexity index is 4330. The molecule has 78 heavy (non-hydrogen) atoms. The number of benzene rings is 10. The van der Waals surface area contributed by atoms with Gasteiger partial charge < -0.3 is 17.7 Å². The Hall–Kier alpha value is -8.60. The average Bonchev–Trinajstić information content (AvgIpc) is 4.34. The minimum absolute atomic E-state index is 0.966. The van der Waals surface area contributed by atoms with Crippen LogP contribution >= 0.6 is 0 Å². The van der Waals surface area contributed by atoms with E-state index in [4.69, 9.17) is 17.7 Å². The van der Waals surface area contributed by atoms with Crippen LogP contribution in [0.2, 0.25) is 0 Å². The Labute approximate surface area is 457 Å². The molecular weight excluding hydrogens is 953 g/mol. The molecular formula is C74H68O4. The zero-order valence-electron chi connectivity index (χ0n) is 45.9. The van der Waals surface area contributed by atoms with Crippen molar-refractivity contribution < 1.29 is 17.7 Å². The van der Waals surface area contributed by atoms with Crippen LogP contribution in [0.25, 0.3) is 87.8 Å². The van der Waals surface area contributed by atoms with Gasteiger partial charge in [0.25, 0.3) is 0 Å². The van der Waals surface area contributed by atoms with Crippen LogP contribution in [-0.4, -0.2) is 0 Å². The van der Waals surface area contributed by atoms with Gasteiger partial charge in [-0.15, -0.1) is 0 Å². The molecule has 0 saturated carbocycles. The molecule has 4 aromatic heterocycles. The molecule has 0 N–H and O–H groups in total. The van der Waals surface area contributed by atoms with E-state index in [2.05, 4.69) is 157 Å². The van der Waals surface area contributed by atoms with Gasteiger partial charge in [0.15, 0.2) is 0 Å². The molecule has 0 aliphatic heterocycles. The molecule has 0 unspecified atom stereocenters. The van der Waals surface area contributed by atoms with Gasteiger partial charge in [0.1, 0.15) is 44.7 Å². The van der Waals surface area contributed by atoms with E-state index in [0.29, 0.717) is 0 Å². The SMILES string of the molecule is Cc1ccc2c(c1)CCCC2.Cc1ccc2c(c1)oc1ccccc12.Cc1ccc2oc3ccccc3c2c1.Cc1cccc2c1CCCC2.Cc1cccc2c1oc1ccccc12.Cc1cccc2oc3ccccc3c12. The summed E-state index contributed by atoms with van der Waals surface area (Å²) in [6.07, 6.45) is 10.8. The smallest absolute Gasteiger partial charge is 0.138 e. The van der Waals surface area contributed by atoms with Crippen molar-refractivity contribution in [2.45, 2.75) is 92.9 Å². The maximum atomic E-state index is 5.78. The topological polar surface area (TPSA) is 52.6 Å². The number of hydrogen-bond acceptors (Lipinski definition) is 4. The van der Waals surface area contributed by atoms with Gasteiger partial charge in [-0.1, -0.05) is 169 Å². The number of furan rings is 4. The summed E-state index contributed by atoms with van der Waals surface area (Å²) in [7, 11) is 0. The lowest BCUT2D eigenvalue weighted by Crippen LogP contribution is -2.03. The van der Waals surface area contributed by atoms with Crippen molar-refractivity contribution in [3.8, 4) is 0 Å². The lowest BCUT2D eigenvalue weighted by molar-refractivity contribution is 0.665. The van der Waals surface area contributed by atoms with Crippen LogP contribution in [0.5, 0.6) is 0 Å². The minimum atomic E-state index is 0.966. The molecule has 2 aliphatic carbocycles. The molecule has 4 heterocycles. The van der Waals surface area contributed by atoms with Crippen LogP contribution in [0.3, 0.4) is 0 Å². The quantitative estimate of drug-likeness (QED) is 0.152. The van der Waals surface area contributed by atoms with Crippen LogP contribution in [-0.2, 0) is 25.7 Å². The second kappa shape index (κ2) is 23.3. The van der Waals surface area contributed by atoms with Gasteiger partial charge in [0.05, 0.1) is 0 Å². The number of aryl methyl sites for hydroxylation is 9. The van der Waals surface area contributed by atoms with Crippen molar-refractivity contribution in [1.82, 2.24) is 0 Å². The third-order valence-corrected chi connectivity index (χ3v) is 15.4. The fourth-order valence-electron chi connectivity index (χ4n) is 11.3. The molecule has 0 atom stereocenters. The molecule has 0 bridgehead atoms. The lowest BCUT2D eigenvalue weighted by atomic mass is 9.89. The third kappa shape index (κ3) is 11.3. The lowest BCUT2D eigenvalue weighted by Gasteiger charge is -2.17. The molecule has 0 saturated heterocycles. The second-order valence-electron chi connectivity index (χ2n) is 21.2. The van der Waals surface area contributed by atoms with Gasteiger partial charge in [-0.05, 0) is 186 Å². The molecule has 0 spiro atoms. The van der Waals surface area contributed by atoms with Crippen molar-refractivity contribution in [2.24, 2.45) is 0 Å². The first-order valence-corrected chi connectivity index (χ1v) is 27.8. The fourth-order valence-corrected chi connectivity index (χ4v) is 11.3. The summed E-state index contributed by atoms with van der Waals surface area (Å²) in [5, 5.41) is 9.66. The van der Waals surface area contributed by atoms with E-state index in [0.717, 1.165) is 44.7 Å². The Morgan fingerprint density at radius 1 is 0.256 bits per heavy atom. The summed E-state index contributed by atoms with van der Waals surface area (Å²) in [5.74, 6) is 0. The molecule has 0 radical (unpaired) electrons. The summed E-state index contributed by atoms with van der Waals surface area (Å²) in [6.45, 7) is 12.8. The number of hydrogen-bond donors (Lipinski definition) is 0.